The van der Waals surface area contributed by atoms with E-state index < -0.39 is 6.10 Å². The van der Waals surface area contributed by atoms with Gasteiger partial charge in [-0.25, -0.2) is 4.79 Å². The molecule has 0 bridgehead atoms. The van der Waals surface area contributed by atoms with Crippen LogP contribution < -0.4 is 4.74 Å². The number of carbonyl (C=O) groups is 1. The first-order valence-electron chi connectivity index (χ1n) is 5.22. The smallest absolute Gasteiger partial charge is 0.338 e. The number of hydrogen-bond donors (Lipinski definition) is 0. The third-order valence-corrected chi connectivity index (χ3v) is 2.45. The summed E-state index contributed by atoms with van der Waals surface area (Å²) in [5.74, 6) is 0.500. The van der Waals surface area contributed by atoms with Crippen LogP contribution in [0.15, 0.2) is 24.3 Å². The van der Waals surface area contributed by atoms with Crippen LogP contribution in [0.1, 0.15) is 18.6 Å². The summed E-state index contributed by atoms with van der Waals surface area (Å²) >= 11 is 0. The van der Waals surface area contributed by atoms with Crippen LogP contribution in [-0.2, 0) is 14.3 Å². The standard InChI is InChI=1S/C12H14O4/c1-3-15-12(13)11-10(16-11)8-4-6-9(14-2)7-5-8/h4-7,10-11H,3H2,1-2H3/t10-,11+/m1/s1. The van der Waals surface area contributed by atoms with Crippen LogP contribution in [0.3, 0.4) is 0 Å². The molecule has 1 aromatic carbocycles. The Morgan fingerprint density at radius 1 is 1.38 bits per heavy atom. The Morgan fingerprint density at radius 3 is 2.62 bits per heavy atom. The predicted octanol–water partition coefficient (Wildman–Crippen LogP) is 1.70. The zero-order valence-electron chi connectivity index (χ0n) is 9.30. The van der Waals surface area contributed by atoms with Crippen molar-refractivity contribution in [1.29, 1.82) is 0 Å². The van der Waals surface area contributed by atoms with E-state index in [1.807, 2.05) is 24.3 Å². The summed E-state index contributed by atoms with van der Waals surface area (Å²) in [5, 5.41) is 0. The molecule has 0 unspecified atom stereocenters. The Balaban J connectivity index is 1.97. The molecule has 1 aromatic rings. The molecule has 1 saturated heterocycles. The van der Waals surface area contributed by atoms with E-state index in [9.17, 15) is 4.79 Å². The van der Waals surface area contributed by atoms with Gasteiger partial charge in [0, 0.05) is 0 Å². The molecule has 1 aliphatic heterocycles. The zero-order valence-corrected chi connectivity index (χ0v) is 9.30. The minimum atomic E-state index is -0.437. The fourth-order valence-corrected chi connectivity index (χ4v) is 1.56. The summed E-state index contributed by atoms with van der Waals surface area (Å²) in [6, 6.07) is 7.48. The molecule has 1 aliphatic rings. The zero-order chi connectivity index (χ0) is 11.5. The molecule has 0 radical (unpaired) electrons. The Bertz CT molecular complexity index is 371. The molecular formula is C12H14O4. The average Bonchev–Trinajstić information content (AvgIpc) is 3.09. The van der Waals surface area contributed by atoms with Gasteiger partial charge in [-0.15, -0.1) is 0 Å². The van der Waals surface area contributed by atoms with Gasteiger partial charge in [0.2, 0.25) is 0 Å². The van der Waals surface area contributed by atoms with Crippen molar-refractivity contribution in [3.63, 3.8) is 0 Å². The van der Waals surface area contributed by atoms with Crippen molar-refractivity contribution < 1.29 is 19.0 Å². The number of epoxide rings is 1. The maximum Gasteiger partial charge on any atom is 0.338 e. The number of ether oxygens (including phenoxy) is 3. The lowest BCUT2D eigenvalue weighted by atomic mass is 10.1. The molecular weight excluding hydrogens is 208 g/mol. The highest BCUT2D eigenvalue weighted by atomic mass is 16.6. The lowest BCUT2D eigenvalue weighted by Gasteiger charge is -2.00. The third kappa shape index (κ3) is 2.17. The molecule has 0 N–H and O–H groups in total. The number of rotatable bonds is 4. The maximum atomic E-state index is 11.3. The van der Waals surface area contributed by atoms with Gasteiger partial charge in [0.15, 0.2) is 6.10 Å². The van der Waals surface area contributed by atoms with Gasteiger partial charge < -0.3 is 14.2 Å². The molecule has 0 aromatic heterocycles. The predicted molar refractivity (Wildman–Crippen MR) is 57.2 cm³/mol. The van der Waals surface area contributed by atoms with Crippen molar-refractivity contribution in [2.75, 3.05) is 13.7 Å². The minimum absolute atomic E-state index is 0.162. The van der Waals surface area contributed by atoms with Gasteiger partial charge in [-0.3, -0.25) is 0 Å². The lowest BCUT2D eigenvalue weighted by molar-refractivity contribution is -0.144. The number of benzene rings is 1. The summed E-state index contributed by atoms with van der Waals surface area (Å²) in [7, 11) is 1.62. The molecule has 4 nitrogen and oxygen atoms in total. The topological polar surface area (TPSA) is 48.1 Å². The number of esters is 1. The van der Waals surface area contributed by atoms with E-state index in [1.54, 1.807) is 14.0 Å². The van der Waals surface area contributed by atoms with Crippen LogP contribution in [0.25, 0.3) is 0 Å². The van der Waals surface area contributed by atoms with Crippen LogP contribution in [0.2, 0.25) is 0 Å². The van der Waals surface area contributed by atoms with Crippen molar-refractivity contribution in [2.24, 2.45) is 0 Å². The molecule has 0 spiro atoms. The normalized spacial score (nSPS) is 22.6. The van der Waals surface area contributed by atoms with Gasteiger partial charge in [0.1, 0.15) is 11.9 Å². The van der Waals surface area contributed by atoms with Crippen LogP contribution in [0.5, 0.6) is 5.75 Å². The molecule has 0 aliphatic carbocycles. The molecule has 0 saturated carbocycles. The van der Waals surface area contributed by atoms with Crippen molar-refractivity contribution >= 4 is 5.97 Å². The fraction of sp³-hybridized carbons (Fsp3) is 0.417. The largest absolute Gasteiger partial charge is 0.497 e. The highest BCUT2D eigenvalue weighted by Crippen LogP contribution is 2.39. The number of hydrogen-bond acceptors (Lipinski definition) is 4. The van der Waals surface area contributed by atoms with Gasteiger partial charge >= 0.3 is 5.97 Å². The molecule has 1 fully saturated rings. The van der Waals surface area contributed by atoms with Crippen LogP contribution >= 0.6 is 0 Å². The highest BCUT2D eigenvalue weighted by Gasteiger charge is 2.47. The van der Waals surface area contributed by atoms with Gasteiger partial charge in [-0.05, 0) is 24.6 Å². The Morgan fingerprint density at radius 2 is 2.06 bits per heavy atom. The average molecular weight is 222 g/mol. The second kappa shape index (κ2) is 4.53. The maximum absolute atomic E-state index is 11.3. The Hall–Kier alpha value is -1.55. The van der Waals surface area contributed by atoms with E-state index in [2.05, 4.69) is 0 Å². The molecule has 1 heterocycles. The fourth-order valence-electron chi connectivity index (χ4n) is 1.56. The second-order valence-corrected chi connectivity index (χ2v) is 3.50. The van der Waals surface area contributed by atoms with Crippen LogP contribution in [0, 0.1) is 0 Å². The number of carbonyl (C=O) groups excluding carboxylic acids is 1. The first-order chi connectivity index (χ1) is 7.76. The van der Waals surface area contributed by atoms with Crippen molar-refractivity contribution in [2.45, 2.75) is 19.1 Å². The third-order valence-electron chi connectivity index (χ3n) is 2.45. The summed E-state index contributed by atoms with van der Waals surface area (Å²) in [4.78, 5) is 11.3. The molecule has 0 amide bonds. The summed E-state index contributed by atoms with van der Waals surface area (Å²) in [6.45, 7) is 2.16. The molecule has 2 atom stereocenters. The van der Waals surface area contributed by atoms with E-state index in [4.69, 9.17) is 14.2 Å². The second-order valence-electron chi connectivity index (χ2n) is 3.50. The molecule has 86 valence electrons. The SMILES string of the molecule is CCOC(=O)[C@H]1O[C@@H]1c1ccc(OC)cc1. The summed E-state index contributed by atoms with van der Waals surface area (Å²) < 4.78 is 15.2. The van der Waals surface area contributed by atoms with E-state index in [-0.39, 0.29) is 12.1 Å². The minimum Gasteiger partial charge on any atom is -0.497 e. The van der Waals surface area contributed by atoms with E-state index >= 15 is 0 Å². The van der Waals surface area contributed by atoms with Crippen LogP contribution in [0.4, 0.5) is 0 Å². The first-order valence-corrected chi connectivity index (χ1v) is 5.22. The van der Waals surface area contributed by atoms with Gasteiger partial charge in [0.25, 0.3) is 0 Å². The van der Waals surface area contributed by atoms with Crippen LogP contribution in [-0.4, -0.2) is 25.8 Å². The monoisotopic (exact) mass is 222 g/mol. The Kier molecular flexibility index (Phi) is 3.10. The molecule has 16 heavy (non-hydrogen) atoms. The van der Waals surface area contributed by atoms with Gasteiger partial charge in [-0.2, -0.15) is 0 Å². The van der Waals surface area contributed by atoms with E-state index in [0.29, 0.717) is 6.61 Å². The quantitative estimate of drug-likeness (QED) is 0.574. The molecule has 4 heteroatoms. The molecule has 2 rings (SSSR count). The first kappa shape index (κ1) is 11.0. The van der Waals surface area contributed by atoms with E-state index in [1.165, 1.54) is 0 Å². The Labute approximate surface area is 94.1 Å². The summed E-state index contributed by atoms with van der Waals surface area (Å²) in [5.41, 5.74) is 0.971. The summed E-state index contributed by atoms with van der Waals surface area (Å²) in [6.07, 6.45) is -0.599. The van der Waals surface area contributed by atoms with Crippen molar-refractivity contribution in [3.05, 3.63) is 29.8 Å². The van der Waals surface area contributed by atoms with Crippen molar-refractivity contribution in [3.8, 4) is 5.75 Å². The van der Waals surface area contributed by atoms with E-state index in [0.717, 1.165) is 11.3 Å². The highest BCUT2D eigenvalue weighted by molar-refractivity contribution is 5.78. The van der Waals surface area contributed by atoms with Crippen molar-refractivity contribution in [1.82, 2.24) is 0 Å². The lowest BCUT2D eigenvalue weighted by Crippen LogP contribution is -2.11. The number of methoxy groups -OCH3 is 1. The van der Waals surface area contributed by atoms with Gasteiger partial charge in [-0.1, -0.05) is 12.1 Å². The van der Waals surface area contributed by atoms with Gasteiger partial charge in [0.05, 0.1) is 13.7 Å².